The molecule has 2 heterocycles. The van der Waals surface area contributed by atoms with E-state index in [1.54, 1.807) is 43.7 Å². The van der Waals surface area contributed by atoms with Crippen molar-refractivity contribution in [1.82, 2.24) is 4.57 Å². The highest BCUT2D eigenvalue weighted by Gasteiger charge is 2.29. The molecule has 1 aliphatic heterocycles. The number of nitriles is 1. The molecule has 132 valence electrons. The second-order valence-electron chi connectivity index (χ2n) is 5.87. The van der Waals surface area contributed by atoms with E-state index in [2.05, 4.69) is 16.4 Å². The van der Waals surface area contributed by atoms with Crippen LogP contribution in [0, 0.1) is 11.3 Å². The van der Waals surface area contributed by atoms with Gasteiger partial charge in [0.15, 0.2) is 0 Å². The van der Waals surface area contributed by atoms with Crippen molar-refractivity contribution in [2.75, 3.05) is 12.4 Å². The molecule has 1 aromatic carbocycles. The zero-order valence-corrected chi connectivity index (χ0v) is 14.8. The molecule has 0 saturated carbocycles. The van der Waals surface area contributed by atoms with Gasteiger partial charge in [-0.2, -0.15) is 5.26 Å². The Morgan fingerprint density at radius 2 is 2.15 bits per heavy atom. The van der Waals surface area contributed by atoms with Crippen LogP contribution in [-0.2, 0) is 13.0 Å². The zero-order chi connectivity index (χ0) is 18.5. The normalized spacial score (nSPS) is 13.1. The topological polar surface area (TPSA) is 79.4 Å². The van der Waals surface area contributed by atoms with E-state index < -0.39 is 0 Å². The first-order chi connectivity index (χ1) is 12.7. The number of carbonyl (C=O) groups is 1. The molecule has 0 radical (unpaired) electrons. The van der Waals surface area contributed by atoms with Gasteiger partial charge in [0.25, 0.3) is 5.91 Å². The summed E-state index contributed by atoms with van der Waals surface area (Å²) in [5, 5.41) is 12.5. The number of ether oxygens (including phenoxy) is 1. The number of aromatic nitrogens is 1. The van der Waals surface area contributed by atoms with Crippen LogP contribution in [0.1, 0.15) is 35.1 Å². The minimum atomic E-state index is -0.271. The van der Waals surface area contributed by atoms with Crippen LogP contribution in [0.2, 0.25) is 0 Å². The quantitative estimate of drug-likeness (QED) is 0.834. The van der Waals surface area contributed by atoms with Crippen LogP contribution in [0.25, 0.3) is 0 Å². The van der Waals surface area contributed by atoms with Crippen LogP contribution >= 0.6 is 0 Å². The number of hydrogen-bond acceptors (Lipinski definition) is 4. The largest absolute Gasteiger partial charge is 0.497 e. The molecular weight excluding hydrogens is 328 g/mol. The summed E-state index contributed by atoms with van der Waals surface area (Å²) in [5.74, 6) is 0.447. The van der Waals surface area contributed by atoms with Gasteiger partial charge < -0.3 is 14.6 Å². The van der Waals surface area contributed by atoms with Gasteiger partial charge in [-0.3, -0.25) is 9.79 Å². The average Bonchev–Trinajstić information content (AvgIpc) is 3.22. The van der Waals surface area contributed by atoms with Gasteiger partial charge in [0.1, 0.15) is 23.2 Å². The number of carbonyl (C=O) groups excluding carboxylic acids is 1. The molecule has 6 heteroatoms. The Labute approximate surface area is 152 Å². The Bertz CT molecular complexity index is 915. The lowest BCUT2D eigenvalue weighted by atomic mass is 10.1. The Morgan fingerprint density at radius 1 is 1.38 bits per heavy atom. The Balaban J connectivity index is 1.99. The molecule has 0 spiro atoms. The number of hydrogen-bond donors (Lipinski definition) is 1. The van der Waals surface area contributed by atoms with E-state index in [1.165, 1.54) is 0 Å². The maximum absolute atomic E-state index is 12.9. The van der Waals surface area contributed by atoms with E-state index in [9.17, 15) is 10.1 Å². The highest BCUT2D eigenvalue weighted by atomic mass is 16.5. The number of benzene rings is 1. The zero-order valence-electron chi connectivity index (χ0n) is 14.8. The van der Waals surface area contributed by atoms with Crippen molar-refractivity contribution in [2.24, 2.45) is 4.99 Å². The molecule has 0 unspecified atom stereocenters. The Morgan fingerprint density at radius 3 is 2.81 bits per heavy atom. The predicted molar refractivity (Wildman–Crippen MR) is 101 cm³/mol. The van der Waals surface area contributed by atoms with E-state index in [0.29, 0.717) is 29.2 Å². The Kier molecular flexibility index (Phi) is 5.18. The van der Waals surface area contributed by atoms with Crippen LogP contribution < -0.4 is 10.1 Å². The molecular formula is C20H20N4O2. The summed E-state index contributed by atoms with van der Waals surface area (Å²) in [7, 11) is 1.59. The summed E-state index contributed by atoms with van der Waals surface area (Å²) in [6, 6.07) is 9.34. The molecule has 2 aromatic rings. The summed E-state index contributed by atoms with van der Waals surface area (Å²) < 4.78 is 7.05. The molecule has 6 nitrogen and oxygen atoms in total. The first-order valence-electron chi connectivity index (χ1n) is 8.45. The number of rotatable bonds is 5. The van der Waals surface area contributed by atoms with Crippen molar-refractivity contribution in [3.8, 4) is 11.8 Å². The van der Waals surface area contributed by atoms with E-state index >= 15 is 0 Å². The van der Waals surface area contributed by atoms with Gasteiger partial charge in [0, 0.05) is 24.1 Å². The van der Waals surface area contributed by atoms with Crippen LogP contribution in [0.5, 0.6) is 5.75 Å². The highest BCUT2D eigenvalue weighted by molar-refractivity contribution is 6.08. The van der Waals surface area contributed by atoms with Crippen molar-refractivity contribution in [1.29, 1.82) is 5.26 Å². The summed E-state index contributed by atoms with van der Waals surface area (Å²) in [6.45, 7) is 2.60. The number of fused-ring (bicyclic) bond motifs is 1. The lowest BCUT2D eigenvalue weighted by molar-refractivity contribution is 0.101. The van der Waals surface area contributed by atoms with Crippen molar-refractivity contribution < 1.29 is 9.53 Å². The first kappa shape index (κ1) is 17.5. The van der Waals surface area contributed by atoms with Gasteiger partial charge in [-0.1, -0.05) is 6.08 Å². The van der Waals surface area contributed by atoms with Gasteiger partial charge >= 0.3 is 0 Å². The number of amides is 1. The van der Waals surface area contributed by atoms with Gasteiger partial charge in [-0.05, 0) is 50.1 Å². The van der Waals surface area contributed by atoms with E-state index in [1.807, 2.05) is 17.6 Å². The molecule has 0 atom stereocenters. The first-order valence-corrected chi connectivity index (χ1v) is 8.45. The predicted octanol–water partition coefficient (Wildman–Crippen LogP) is 3.85. The molecule has 0 fully saturated rings. The number of allylic oxidation sites excluding steroid dienone is 2. The lowest BCUT2D eigenvalue weighted by Crippen LogP contribution is -2.16. The van der Waals surface area contributed by atoms with Gasteiger partial charge in [0.05, 0.1) is 12.7 Å². The summed E-state index contributed by atoms with van der Waals surface area (Å²) in [4.78, 5) is 17.3. The molecule has 1 N–H and O–H groups in total. The fraction of sp³-hybridized carbons (Fsp3) is 0.250. The molecule has 1 aliphatic rings. The minimum absolute atomic E-state index is 0.271. The minimum Gasteiger partial charge on any atom is -0.497 e. The van der Waals surface area contributed by atoms with Crippen molar-refractivity contribution >= 4 is 23.5 Å². The summed E-state index contributed by atoms with van der Waals surface area (Å²) in [6.07, 6.45) is 6.93. The van der Waals surface area contributed by atoms with Crippen molar-refractivity contribution in [3.63, 3.8) is 0 Å². The third kappa shape index (κ3) is 3.24. The average molecular weight is 348 g/mol. The van der Waals surface area contributed by atoms with Crippen molar-refractivity contribution in [3.05, 3.63) is 53.4 Å². The Hall–Kier alpha value is -3.33. The van der Waals surface area contributed by atoms with Crippen LogP contribution in [0.4, 0.5) is 11.4 Å². The number of nitrogens with one attached hydrogen (secondary N) is 1. The van der Waals surface area contributed by atoms with Gasteiger partial charge in [0.2, 0.25) is 0 Å². The molecule has 1 amide bonds. The van der Waals surface area contributed by atoms with E-state index in [0.717, 1.165) is 24.3 Å². The van der Waals surface area contributed by atoms with Gasteiger partial charge in [-0.15, -0.1) is 0 Å². The third-order valence-electron chi connectivity index (χ3n) is 4.30. The third-order valence-corrected chi connectivity index (χ3v) is 4.30. The molecule has 0 bridgehead atoms. The van der Waals surface area contributed by atoms with Crippen LogP contribution in [0.3, 0.4) is 0 Å². The van der Waals surface area contributed by atoms with Gasteiger partial charge in [-0.25, -0.2) is 0 Å². The number of nitrogens with zero attached hydrogens (tertiary/aromatic N) is 3. The number of aliphatic imine (C=N–C) groups is 1. The monoisotopic (exact) mass is 348 g/mol. The maximum Gasteiger partial charge on any atom is 0.274 e. The SMILES string of the molecule is C/C=C/C=Nc1c(C#N)c2n(c1C(=O)Nc1ccc(OC)cc1)CCC2. The summed E-state index contributed by atoms with van der Waals surface area (Å²) in [5.41, 5.74) is 2.91. The fourth-order valence-corrected chi connectivity index (χ4v) is 3.11. The molecule has 26 heavy (non-hydrogen) atoms. The number of methoxy groups -OCH3 is 1. The second-order valence-corrected chi connectivity index (χ2v) is 5.87. The molecule has 1 aromatic heterocycles. The van der Waals surface area contributed by atoms with E-state index in [4.69, 9.17) is 4.74 Å². The molecule has 0 aliphatic carbocycles. The molecule has 3 rings (SSSR count). The molecule has 0 saturated heterocycles. The smallest absolute Gasteiger partial charge is 0.274 e. The second kappa shape index (κ2) is 7.70. The lowest BCUT2D eigenvalue weighted by Gasteiger charge is -2.09. The van der Waals surface area contributed by atoms with Crippen molar-refractivity contribution in [2.45, 2.75) is 26.3 Å². The van der Waals surface area contributed by atoms with E-state index in [-0.39, 0.29) is 5.91 Å². The van der Waals surface area contributed by atoms with Crippen LogP contribution in [-0.4, -0.2) is 23.8 Å². The standard InChI is InChI=1S/C20H20N4O2/c1-3-4-11-22-18-16(13-21)17-6-5-12-24(17)19(18)20(25)23-14-7-9-15(26-2)10-8-14/h3-4,7-11H,5-6,12H2,1-2H3,(H,23,25)/b4-3+,22-11?. The van der Waals surface area contributed by atoms with Crippen LogP contribution in [0.15, 0.2) is 41.4 Å². The highest BCUT2D eigenvalue weighted by Crippen LogP contribution is 2.35. The fourth-order valence-electron chi connectivity index (χ4n) is 3.11. The summed E-state index contributed by atoms with van der Waals surface area (Å²) >= 11 is 0. The maximum atomic E-state index is 12.9. The number of anilines is 1.